The summed E-state index contributed by atoms with van der Waals surface area (Å²) in [6.45, 7) is 0.747. The lowest BCUT2D eigenvalue weighted by atomic mass is 9.84. The topological polar surface area (TPSA) is 55.1 Å². The summed E-state index contributed by atoms with van der Waals surface area (Å²) < 4.78 is 0. The van der Waals surface area contributed by atoms with Gasteiger partial charge in [0, 0.05) is 12.6 Å². The van der Waals surface area contributed by atoms with E-state index in [1.54, 1.807) is 0 Å². The van der Waals surface area contributed by atoms with Crippen molar-refractivity contribution < 1.29 is 4.79 Å². The minimum absolute atomic E-state index is 0.0328. The first-order valence-electron chi connectivity index (χ1n) is 7.34. The van der Waals surface area contributed by atoms with E-state index in [-0.39, 0.29) is 17.9 Å². The maximum Gasteiger partial charge on any atom is 0.224 e. The third-order valence-corrected chi connectivity index (χ3v) is 3.94. The summed E-state index contributed by atoms with van der Waals surface area (Å²) in [7, 11) is 0. The first-order chi connectivity index (χ1) is 9.27. The number of hydrogen-bond donors (Lipinski definition) is 2. The molecule has 0 spiro atoms. The number of carbonyl (C=O) groups excluding carboxylic acids is 1. The molecule has 2 rings (SSSR count). The van der Waals surface area contributed by atoms with Crippen LogP contribution in [-0.2, 0) is 11.2 Å². The molecule has 1 saturated carbocycles. The van der Waals surface area contributed by atoms with Crippen LogP contribution in [0.3, 0.4) is 0 Å². The molecule has 0 saturated heterocycles. The maximum atomic E-state index is 12.0. The average molecular weight is 260 g/mol. The third kappa shape index (κ3) is 4.35. The Morgan fingerprint density at radius 2 is 1.95 bits per heavy atom. The van der Waals surface area contributed by atoms with Gasteiger partial charge in [-0.3, -0.25) is 4.79 Å². The van der Waals surface area contributed by atoms with Crippen molar-refractivity contribution in [1.82, 2.24) is 5.32 Å². The van der Waals surface area contributed by atoms with Crippen molar-refractivity contribution in [3.63, 3.8) is 0 Å². The SMILES string of the molecule is NC1CCCCC1C(=O)NCCCc1ccccc1. The summed E-state index contributed by atoms with van der Waals surface area (Å²) in [5.41, 5.74) is 7.34. The molecule has 1 aliphatic carbocycles. The van der Waals surface area contributed by atoms with Gasteiger partial charge in [0.05, 0.1) is 5.92 Å². The predicted octanol–water partition coefficient (Wildman–Crippen LogP) is 2.25. The van der Waals surface area contributed by atoms with Crippen LogP contribution < -0.4 is 11.1 Å². The first-order valence-corrected chi connectivity index (χ1v) is 7.34. The number of rotatable bonds is 5. The van der Waals surface area contributed by atoms with Gasteiger partial charge in [0.2, 0.25) is 5.91 Å². The van der Waals surface area contributed by atoms with Crippen molar-refractivity contribution in [2.45, 2.75) is 44.6 Å². The Morgan fingerprint density at radius 3 is 2.68 bits per heavy atom. The molecule has 2 unspecified atom stereocenters. The summed E-state index contributed by atoms with van der Waals surface area (Å²) in [4.78, 5) is 12.0. The Labute approximate surface area is 115 Å². The largest absolute Gasteiger partial charge is 0.356 e. The molecule has 3 nitrogen and oxygen atoms in total. The quantitative estimate of drug-likeness (QED) is 0.798. The van der Waals surface area contributed by atoms with Gasteiger partial charge in [-0.25, -0.2) is 0 Å². The number of amides is 1. The van der Waals surface area contributed by atoms with E-state index < -0.39 is 0 Å². The highest BCUT2D eigenvalue weighted by atomic mass is 16.1. The summed E-state index contributed by atoms with van der Waals surface area (Å²) in [5.74, 6) is 0.186. The fourth-order valence-corrected chi connectivity index (χ4v) is 2.76. The molecular weight excluding hydrogens is 236 g/mol. The van der Waals surface area contributed by atoms with E-state index in [1.165, 1.54) is 12.0 Å². The smallest absolute Gasteiger partial charge is 0.224 e. The average Bonchev–Trinajstić information content (AvgIpc) is 2.45. The molecular formula is C16H24N2O. The van der Waals surface area contributed by atoms with Crippen molar-refractivity contribution in [3.05, 3.63) is 35.9 Å². The Balaban J connectivity index is 1.66. The number of aryl methyl sites for hydroxylation is 1. The van der Waals surface area contributed by atoms with Crippen LogP contribution in [0.5, 0.6) is 0 Å². The van der Waals surface area contributed by atoms with Crippen molar-refractivity contribution in [1.29, 1.82) is 0 Å². The number of nitrogens with two attached hydrogens (primary N) is 1. The van der Waals surface area contributed by atoms with Gasteiger partial charge in [0.1, 0.15) is 0 Å². The second kappa shape index (κ2) is 7.29. The zero-order valence-corrected chi connectivity index (χ0v) is 11.5. The summed E-state index contributed by atoms with van der Waals surface area (Å²) in [6, 6.07) is 10.4. The molecule has 1 aliphatic rings. The number of nitrogens with one attached hydrogen (secondary N) is 1. The molecule has 0 heterocycles. The zero-order valence-electron chi connectivity index (χ0n) is 11.5. The normalized spacial score (nSPS) is 23.0. The lowest BCUT2D eigenvalue weighted by molar-refractivity contribution is -0.126. The Hall–Kier alpha value is -1.35. The van der Waals surface area contributed by atoms with Crippen molar-refractivity contribution in [2.24, 2.45) is 11.7 Å². The highest BCUT2D eigenvalue weighted by Crippen LogP contribution is 2.22. The van der Waals surface area contributed by atoms with Crippen LogP contribution in [-0.4, -0.2) is 18.5 Å². The van der Waals surface area contributed by atoms with Crippen molar-refractivity contribution in [2.75, 3.05) is 6.54 Å². The molecule has 3 N–H and O–H groups in total. The molecule has 0 radical (unpaired) electrons. The van der Waals surface area contributed by atoms with Crippen LogP contribution in [0, 0.1) is 5.92 Å². The standard InChI is InChI=1S/C16H24N2O/c17-15-11-5-4-10-14(15)16(19)18-12-6-9-13-7-2-1-3-8-13/h1-3,7-8,14-15H,4-6,9-12,17H2,(H,18,19). The van der Waals surface area contributed by atoms with Gasteiger partial charge >= 0.3 is 0 Å². The van der Waals surface area contributed by atoms with Gasteiger partial charge in [-0.1, -0.05) is 43.2 Å². The summed E-state index contributed by atoms with van der Waals surface area (Å²) in [6.07, 6.45) is 6.23. The second-order valence-corrected chi connectivity index (χ2v) is 5.43. The van der Waals surface area contributed by atoms with Crippen LogP contribution in [0.1, 0.15) is 37.7 Å². The van der Waals surface area contributed by atoms with Gasteiger partial charge < -0.3 is 11.1 Å². The van der Waals surface area contributed by atoms with E-state index in [4.69, 9.17) is 5.73 Å². The van der Waals surface area contributed by atoms with E-state index >= 15 is 0 Å². The van der Waals surface area contributed by atoms with Crippen LogP contribution >= 0.6 is 0 Å². The Morgan fingerprint density at radius 1 is 1.21 bits per heavy atom. The van der Waals surface area contributed by atoms with Crippen LogP contribution in [0.2, 0.25) is 0 Å². The number of benzene rings is 1. The van der Waals surface area contributed by atoms with Gasteiger partial charge in [0.25, 0.3) is 0 Å². The van der Waals surface area contributed by atoms with Gasteiger partial charge in [-0.05, 0) is 31.2 Å². The Bertz CT molecular complexity index is 391. The van der Waals surface area contributed by atoms with Crippen LogP contribution in [0.4, 0.5) is 0 Å². The van der Waals surface area contributed by atoms with Gasteiger partial charge in [-0.15, -0.1) is 0 Å². The fraction of sp³-hybridized carbons (Fsp3) is 0.562. The predicted molar refractivity (Wildman–Crippen MR) is 77.7 cm³/mol. The lowest BCUT2D eigenvalue weighted by Crippen LogP contribution is -2.43. The molecule has 1 aromatic carbocycles. The van der Waals surface area contributed by atoms with Crippen molar-refractivity contribution in [3.8, 4) is 0 Å². The molecule has 104 valence electrons. The molecule has 2 atom stereocenters. The van der Waals surface area contributed by atoms with E-state index in [0.717, 1.165) is 38.6 Å². The van der Waals surface area contributed by atoms with E-state index in [9.17, 15) is 4.79 Å². The zero-order chi connectivity index (χ0) is 13.5. The van der Waals surface area contributed by atoms with Gasteiger partial charge in [0.15, 0.2) is 0 Å². The highest BCUT2D eigenvalue weighted by molar-refractivity contribution is 5.79. The van der Waals surface area contributed by atoms with Crippen LogP contribution in [0.15, 0.2) is 30.3 Å². The van der Waals surface area contributed by atoms with Crippen LogP contribution in [0.25, 0.3) is 0 Å². The highest BCUT2D eigenvalue weighted by Gasteiger charge is 2.27. The first kappa shape index (κ1) is 14.1. The summed E-state index contributed by atoms with van der Waals surface area (Å²) in [5, 5.41) is 3.03. The number of carbonyl (C=O) groups is 1. The second-order valence-electron chi connectivity index (χ2n) is 5.43. The van der Waals surface area contributed by atoms with E-state index in [2.05, 4.69) is 29.6 Å². The monoisotopic (exact) mass is 260 g/mol. The minimum atomic E-state index is 0.0328. The third-order valence-electron chi connectivity index (χ3n) is 3.94. The summed E-state index contributed by atoms with van der Waals surface area (Å²) >= 11 is 0. The molecule has 0 aromatic heterocycles. The minimum Gasteiger partial charge on any atom is -0.356 e. The van der Waals surface area contributed by atoms with E-state index in [0.29, 0.717) is 0 Å². The molecule has 1 fully saturated rings. The lowest BCUT2D eigenvalue weighted by Gasteiger charge is -2.27. The fourth-order valence-electron chi connectivity index (χ4n) is 2.76. The van der Waals surface area contributed by atoms with E-state index in [1.807, 2.05) is 6.07 Å². The number of hydrogen-bond acceptors (Lipinski definition) is 2. The molecule has 0 aliphatic heterocycles. The maximum absolute atomic E-state index is 12.0. The molecule has 1 aromatic rings. The Kier molecular flexibility index (Phi) is 5.40. The van der Waals surface area contributed by atoms with Gasteiger partial charge in [-0.2, -0.15) is 0 Å². The molecule has 19 heavy (non-hydrogen) atoms. The molecule has 3 heteroatoms. The molecule has 1 amide bonds. The van der Waals surface area contributed by atoms with Crippen molar-refractivity contribution >= 4 is 5.91 Å². The molecule has 0 bridgehead atoms.